The average Bonchev–Trinajstić information content (AvgIpc) is 2.30. The average molecular weight is 216 g/mol. The molecule has 1 fully saturated rings. The van der Waals surface area contributed by atoms with Gasteiger partial charge in [0.2, 0.25) is 0 Å². The van der Waals surface area contributed by atoms with E-state index in [1.54, 1.807) is 6.20 Å². The van der Waals surface area contributed by atoms with Gasteiger partial charge in [-0.05, 0) is 25.5 Å². The molecular formula is C12H16N4. The van der Waals surface area contributed by atoms with Crippen molar-refractivity contribution in [3.8, 4) is 6.07 Å². The Morgan fingerprint density at radius 3 is 3.25 bits per heavy atom. The minimum absolute atomic E-state index is 0.274. The Balaban J connectivity index is 2.06. The molecule has 1 saturated heterocycles. The second-order valence-electron chi connectivity index (χ2n) is 4.26. The van der Waals surface area contributed by atoms with Gasteiger partial charge in [0.15, 0.2) is 0 Å². The van der Waals surface area contributed by atoms with Crippen LogP contribution in [0.3, 0.4) is 0 Å². The highest BCUT2D eigenvalue weighted by Gasteiger charge is 2.17. The van der Waals surface area contributed by atoms with E-state index in [9.17, 15) is 0 Å². The lowest BCUT2D eigenvalue weighted by Gasteiger charge is -2.30. The van der Waals surface area contributed by atoms with Crippen molar-refractivity contribution < 1.29 is 0 Å². The summed E-state index contributed by atoms with van der Waals surface area (Å²) in [4.78, 5) is 6.36. The predicted octanol–water partition coefficient (Wildman–Crippen LogP) is 0.876. The molecule has 0 unspecified atom stereocenters. The molecule has 0 radical (unpaired) electrons. The number of hydrogen-bond donors (Lipinski definition) is 1. The molecule has 0 bridgehead atoms. The van der Waals surface area contributed by atoms with Crippen LogP contribution in [0, 0.1) is 11.3 Å². The summed E-state index contributed by atoms with van der Waals surface area (Å²) in [7, 11) is 0. The van der Waals surface area contributed by atoms with Crippen molar-refractivity contribution in [1.82, 2.24) is 9.88 Å². The summed E-state index contributed by atoms with van der Waals surface area (Å²) in [5.74, 6) is 0. The van der Waals surface area contributed by atoms with Gasteiger partial charge in [-0.3, -0.25) is 4.90 Å². The van der Waals surface area contributed by atoms with Crippen molar-refractivity contribution in [1.29, 1.82) is 5.26 Å². The van der Waals surface area contributed by atoms with Crippen LogP contribution in [0.5, 0.6) is 0 Å². The third kappa shape index (κ3) is 2.57. The zero-order chi connectivity index (χ0) is 11.4. The maximum Gasteiger partial charge on any atom is 0.144 e. The number of piperidine rings is 1. The molecule has 0 spiro atoms. The molecule has 1 aliphatic rings. The first-order valence-electron chi connectivity index (χ1n) is 5.61. The van der Waals surface area contributed by atoms with Crippen molar-refractivity contribution in [3.05, 3.63) is 29.6 Å². The second-order valence-corrected chi connectivity index (χ2v) is 4.26. The number of nitriles is 1. The van der Waals surface area contributed by atoms with E-state index in [1.165, 1.54) is 0 Å². The van der Waals surface area contributed by atoms with Crippen LogP contribution in [-0.2, 0) is 6.54 Å². The maximum atomic E-state index is 8.94. The molecule has 1 aromatic rings. The van der Waals surface area contributed by atoms with Gasteiger partial charge in [-0.15, -0.1) is 0 Å². The van der Waals surface area contributed by atoms with Crippen molar-refractivity contribution >= 4 is 0 Å². The van der Waals surface area contributed by atoms with E-state index in [2.05, 4.69) is 16.0 Å². The fourth-order valence-electron chi connectivity index (χ4n) is 2.14. The van der Waals surface area contributed by atoms with Crippen molar-refractivity contribution in [3.63, 3.8) is 0 Å². The molecule has 0 saturated carbocycles. The van der Waals surface area contributed by atoms with Crippen LogP contribution in [0.1, 0.15) is 24.1 Å². The highest BCUT2D eigenvalue weighted by Crippen LogP contribution is 2.13. The molecule has 1 atom stereocenters. The van der Waals surface area contributed by atoms with Crippen LogP contribution in [0.25, 0.3) is 0 Å². The monoisotopic (exact) mass is 216 g/mol. The Morgan fingerprint density at radius 2 is 2.50 bits per heavy atom. The molecule has 1 aliphatic heterocycles. The number of nitrogens with zero attached hydrogens (tertiary/aromatic N) is 3. The van der Waals surface area contributed by atoms with Crippen LogP contribution in [0.4, 0.5) is 0 Å². The molecule has 0 aromatic carbocycles. The first kappa shape index (κ1) is 11.1. The molecule has 0 aliphatic carbocycles. The number of aromatic nitrogens is 1. The Labute approximate surface area is 95.7 Å². The first-order chi connectivity index (χ1) is 7.79. The number of rotatable bonds is 2. The molecular weight excluding hydrogens is 200 g/mol. The maximum absolute atomic E-state index is 8.94. The zero-order valence-corrected chi connectivity index (χ0v) is 9.26. The minimum atomic E-state index is 0.274. The predicted molar refractivity (Wildman–Crippen MR) is 61.4 cm³/mol. The Kier molecular flexibility index (Phi) is 3.50. The summed E-state index contributed by atoms with van der Waals surface area (Å²) in [5.41, 5.74) is 7.46. The number of nitrogens with two attached hydrogens (primary N) is 1. The molecule has 4 heteroatoms. The Hall–Kier alpha value is -1.44. The SMILES string of the molecule is N#Cc1ncccc1CN1CCC[C@@H](N)C1. The van der Waals surface area contributed by atoms with Gasteiger partial charge in [-0.1, -0.05) is 6.07 Å². The first-order valence-corrected chi connectivity index (χ1v) is 5.61. The Bertz CT molecular complexity index is 396. The molecule has 0 amide bonds. The lowest BCUT2D eigenvalue weighted by Crippen LogP contribution is -2.42. The summed E-state index contributed by atoms with van der Waals surface area (Å²) >= 11 is 0. The van der Waals surface area contributed by atoms with Crippen molar-refractivity contribution in [2.45, 2.75) is 25.4 Å². The molecule has 2 rings (SSSR count). The number of pyridine rings is 1. The van der Waals surface area contributed by atoms with Gasteiger partial charge in [0.05, 0.1) is 0 Å². The molecule has 84 valence electrons. The number of hydrogen-bond acceptors (Lipinski definition) is 4. The minimum Gasteiger partial charge on any atom is -0.327 e. The summed E-state index contributed by atoms with van der Waals surface area (Å²) in [5, 5.41) is 8.94. The van der Waals surface area contributed by atoms with E-state index in [0.29, 0.717) is 5.69 Å². The lowest BCUT2D eigenvalue weighted by molar-refractivity contribution is 0.201. The van der Waals surface area contributed by atoms with E-state index >= 15 is 0 Å². The fraction of sp³-hybridized carbons (Fsp3) is 0.500. The molecule has 2 heterocycles. The summed E-state index contributed by atoms with van der Waals surface area (Å²) in [6, 6.07) is 6.24. The van der Waals surface area contributed by atoms with Gasteiger partial charge >= 0.3 is 0 Å². The summed E-state index contributed by atoms with van der Waals surface area (Å²) in [6.07, 6.45) is 3.90. The van der Waals surface area contributed by atoms with Crippen LogP contribution in [0.2, 0.25) is 0 Å². The second kappa shape index (κ2) is 5.06. The standard InChI is InChI=1S/C12H16N4/c13-7-12-10(3-1-5-15-12)8-16-6-2-4-11(14)9-16/h1,3,5,11H,2,4,6,8-9,14H2/t11-/m1/s1. The zero-order valence-electron chi connectivity index (χ0n) is 9.26. The Morgan fingerprint density at radius 1 is 1.62 bits per heavy atom. The van der Waals surface area contributed by atoms with E-state index in [0.717, 1.165) is 38.0 Å². The van der Waals surface area contributed by atoms with Gasteiger partial charge in [0.25, 0.3) is 0 Å². The highest BCUT2D eigenvalue weighted by atomic mass is 15.1. The normalized spacial score (nSPS) is 21.6. The lowest BCUT2D eigenvalue weighted by atomic mass is 10.1. The van der Waals surface area contributed by atoms with E-state index in [4.69, 9.17) is 11.0 Å². The molecule has 4 nitrogen and oxygen atoms in total. The summed E-state index contributed by atoms with van der Waals surface area (Å²) in [6.45, 7) is 2.76. The van der Waals surface area contributed by atoms with Crippen LogP contribution >= 0.6 is 0 Å². The van der Waals surface area contributed by atoms with Gasteiger partial charge < -0.3 is 5.73 Å². The number of likely N-dealkylation sites (tertiary alicyclic amines) is 1. The van der Waals surface area contributed by atoms with E-state index in [1.807, 2.05) is 12.1 Å². The largest absolute Gasteiger partial charge is 0.327 e. The van der Waals surface area contributed by atoms with E-state index < -0.39 is 0 Å². The summed E-state index contributed by atoms with van der Waals surface area (Å²) < 4.78 is 0. The third-order valence-corrected chi connectivity index (χ3v) is 2.93. The molecule has 16 heavy (non-hydrogen) atoms. The molecule has 2 N–H and O–H groups in total. The highest BCUT2D eigenvalue weighted by molar-refractivity contribution is 5.30. The van der Waals surface area contributed by atoms with Crippen LogP contribution in [-0.4, -0.2) is 29.0 Å². The van der Waals surface area contributed by atoms with E-state index in [-0.39, 0.29) is 6.04 Å². The topological polar surface area (TPSA) is 65.9 Å². The van der Waals surface area contributed by atoms with Gasteiger partial charge in [-0.2, -0.15) is 5.26 Å². The quantitative estimate of drug-likeness (QED) is 0.796. The van der Waals surface area contributed by atoms with Crippen LogP contribution < -0.4 is 5.73 Å². The van der Waals surface area contributed by atoms with Crippen LogP contribution in [0.15, 0.2) is 18.3 Å². The van der Waals surface area contributed by atoms with Gasteiger partial charge in [-0.25, -0.2) is 4.98 Å². The van der Waals surface area contributed by atoms with Gasteiger partial charge in [0.1, 0.15) is 11.8 Å². The van der Waals surface area contributed by atoms with Crippen molar-refractivity contribution in [2.75, 3.05) is 13.1 Å². The van der Waals surface area contributed by atoms with Crippen molar-refractivity contribution in [2.24, 2.45) is 5.73 Å². The third-order valence-electron chi connectivity index (χ3n) is 2.93. The molecule has 1 aromatic heterocycles. The fourth-order valence-corrected chi connectivity index (χ4v) is 2.14. The van der Waals surface area contributed by atoms with Gasteiger partial charge in [0, 0.05) is 30.9 Å². The smallest absolute Gasteiger partial charge is 0.144 e.